The van der Waals surface area contributed by atoms with Crippen LogP contribution in [-0.4, -0.2) is 16.1 Å². The second kappa shape index (κ2) is 4.90. The molecule has 0 spiro atoms. The molecule has 0 aliphatic rings. The van der Waals surface area contributed by atoms with Crippen LogP contribution in [0.2, 0.25) is 0 Å². The molecule has 0 radical (unpaired) electrons. The minimum Gasteiger partial charge on any atom is -0.298 e. The average molecular weight is 248 g/mol. The summed E-state index contributed by atoms with van der Waals surface area (Å²) in [5, 5.41) is 4.33. The van der Waals surface area contributed by atoms with E-state index >= 15 is 0 Å². The van der Waals surface area contributed by atoms with E-state index in [4.69, 9.17) is 0 Å². The minimum atomic E-state index is 0.630. The Morgan fingerprint density at radius 1 is 0.895 bits per heavy atom. The molecule has 0 N–H and O–H groups in total. The summed E-state index contributed by atoms with van der Waals surface area (Å²) in [6.45, 7) is 0. The van der Waals surface area contributed by atoms with Gasteiger partial charge in [-0.05, 0) is 17.7 Å². The molecule has 0 aliphatic heterocycles. The van der Waals surface area contributed by atoms with Crippen LogP contribution in [0.15, 0.2) is 67.0 Å². The molecule has 1 heterocycles. The largest absolute Gasteiger partial charge is 0.298 e. The van der Waals surface area contributed by atoms with Crippen LogP contribution in [0.1, 0.15) is 10.4 Å². The van der Waals surface area contributed by atoms with Crippen LogP contribution in [0.25, 0.3) is 16.8 Å². The lowest BCUT2D eigenvalue weighted by atomic mass is 10.1. The molecule has 2 aromatic carbocycles. The summed E-state index contributed by atoms with van der Waals surface area (Å²) < 4.78 is 1.73. The van der Waals surface area contributed by atoms with Gasteiger partial charge in [0.15, 0.2) is 6.29 Å². The Hall–Kier alpha value is -2.68. The number of hydrogen-bond donors (Lipinski definition) is 0. The molecule has 3 heteroatoms. The fourth-order valence-electron chi connectivity index (χ4n) is 2.03. The predicted molar refractivity (Wildman–Crippen MR) is 74.4 cm³/mol. The molecule has 3 rings (SSSR count). The smallest absolute Gasteiger partial charge is 0.152 e. The van der Waals surface area contributed by atoms with Crippen LogP contribution < -0.4 is 0 Å². The number of carbonyl (C=O) groups is 1. The van der Waals surface area contributed by atoms with Gasteiger partial charge in [-0.15, -0.1) is 0 Å². The van der Waals surface area contributed by atoms with Gasteiger partial charge in [-0.3, -0.25) is 4.79 Å². The Balaban J connectivity index is 2.04. The molecule has 0 saturated heterocycles. The number of nitrogens with zero attached hydrogens (tertiary/aromatic N) is 2. The Morgan fingerprint density at radius 2 is 1.63 bits per heavy atom. The lowest BCUT2D eigenvalue weighted by Gasteiger charge is -2.03. The highest BCUT2D eigenvalue weighted by Gasteiger charge is 2.06. The monoisotopic (exact) mass is 248 g/mol. The van der Waals surface area contributed by atoms with Gasteiger partial charge in [0.05, 0.1) is 11.9 Å². The highest BCUT2D eigenvalue weighted by molar-refractivity contribution is 5.80. The summed E-state index contributed by atoms with van der Waals surface area (Å²) in [5.74, 6) is 0. The lowest BCUT2D eigenvalue weighted by molar-refractivity contribution is 0.112. The van der Waals surface area contributed by atoms with Gasteiger partial charge in [-0.2, -0.15) is 5.10 Å². The molecular formula is C16H12N2O. The maximum absolute atomic E-state index is 11.0. The maximum atomic E-state index is 11.0. The number of carbonyl (C=O) groups excluding carboxylic acids is 1. The van der Waals surface area contributed by atoms with Crippen molar-refractivity contribution in [1.29, 1.82) is 0 Å². The molecule has 92 valence electrons. The van der Waals surface area contributed by atoms with Crippen LogP contribution in [0.4, 0.5) is 0 Å². The van der Waals surface area contributed by atoms with Crippen molar-refractivity contribution < 1.29 is 4.79 Å². The molecule has 3 aromatic rings. The Morgan fingerprint density at radius 3 is 2.42 bits per heavy atom. The molecule has 1 aromatic heterocycles. The van der Waals surface area contributed by atoms with E-state index < -0.39 is 0 Å². The molecule has 0 aliphatic carbocycles. The van der Waals surface area contributed by atoms with Gasteiger partial charge < -0.3 is 0 Å². The van der Waals surface area contributed by atoms with Crippen molar-refractivity contribution in [3.8, 4) is 16.8 Å². The fourth-order valence-corrected chi connectivity index (χ4v) is 2.03. The molecule has 3 nitrogen and oxygen atoms in total. The third kappa shape index (κ3) is 2.18. The molecule has 0 saturated carbocycles. The van der Waals surface area contributed by atoms with Gasteiger partial charge in [-0.25, -0.2) is 4.68 Å². The van der Waals surface area contributed by atoms with E-state index in [9.17, 15) is 4.79 Å². The van der Waals surface area contributed by atoms with E-state index in [1.165, 1.54) is 0 Å². The third-order valence-corrected chi connectivity index (χ3v) is 3.00. The number of aromatic nitrogens is 2. The van der Waals surface area contributed by atoms with E-state index in [-0.39, 0.29) is 0 Å². The van der Waals surface area contributed by atoms with Crippen LogP contribution in [0, 0.1) is 0 Å². The molecule has 0 fully saturated rings. The SMILES string of the molecule is O=Cc1ccccc1-n1cc(-c2ccccc2)cn1. The number of benzene rings is 2. The Labute approximate surface area is 111 Å². The standard InChI is InChI=1S/C16H12N2O/c19-12-14-8-4-5-9-16(14)18-11-15(10-17-18)13-6-2-1-3-7-13/h1-12H. The van der Waals surface area contributed by atoms with Crippen molar-refractivity contribution >= 4 is 6.29 Å². The normalized spacial score (nSPS) is 10.3. The molecule has 0 amide bonds. The quantitative estimate of drug-likeness (QED) is 0.666. The highest BCUT2D eigenvalue weighted by Crippen LogP contribution is 2.20. The number of para-hydroxylation sites is 1. The molecule has 0 unspecified atom stereocenters. The van der Waals surface area contributed by atoms with E-state index in [2.05, 4.69) is 5.10 Å². The van der Waals surface area contributed by atoms with Gasteiger partial charge in [-0.1, -0.05) is 42.5 Å². The summed E-state index contributed by atoms with van der Waals surface area (Å²) in [6, 6.07) is 17.4. The minimum absolute atomic E-state index is 0.630. The molecule has 0 bridgehead atoms. The number of hydrogen-bond acceptors (Lipinski definition) is 2. The third-order valence-electron chi connectivity index (χ3n) is 3.00. The zero-order valence-corrected chi connectivity index (χ0v) is 10.2. The second-order valence-electron chi connectivity index (χ2n) is 4.22. The van der Waals surface area contributed by atoms with Gasteiger partial charge in [0, 0.05) is 17.3 Å². The predicted octanol–water partition coefficient (Wildman–Crippen LogP) is 3.35. The van der Waals surface area contributed by atoms with Gasteiger partial charge in [0.2, 0.25) is 0 Å². The number of aldehydes is 1. The maximum Gasteiger partial charge on any atom is 0.152 e. The zero-order valence-electron chi connectivity index (χ0n) is 10.2. The van der Waals surface area contributed by atoms with Crippen LogP contribution in [0.5, 0.6) is 0 Å². The topological polar surface area (TPSA) is 34.9 Å². The number of rotatable bonds is 3. The van der Waals surface area contributed by atoms with Crippen molar-refractivity contribution in [1.82, 2.24) is 9.78 Å². The second-order valence-corrected chi connectivity index (χ2v) is 4.22. The van der Waals surface area contributed by atoms with Gasteiger partial charge in [0.1, 0.15) is 0 Å². The lowest BCUT2D eigenvalue weighted by Crippen LogP contribution is -1.98. The van der Waals surface area contributed by atoms with Crippen molar-refractivity contribution in [2.24, 2.45) is 0 Å². The first-order chi connectivity index (χ1) is 9.38. The van der Waals surface area contributed by atoms with Gasteiger partial charge in [0.25, 0.3) is 0 Å². The van der Waals surface area contributed by atoms with Gasteiger partial charge >= 0.3 is 0 Å². The first-order valence-electron chi connectivity index (χ1n) is 6.03. The first-order valence-corrected chi connectivity index (χ1v) is 6.03. The van der Waals surface area contributed by atoms with Crippen LogP contribution in [-0.2, 0) is 0 Å². The first kappa shape index (κ1) is 11.4. The zero-order chi connectivity index (χ0) is 13.1. The summed E-state index contributed by atoms with van der Waals surface area (Å²) in [7, 11) is 0. The van der Waals surface area contributed by atoms with E-state index in [0.717, 1.165) is 23.1 Å². The highest BCUT2D eigenvalue weighted by atomic mass is 16.1. The summed E-state index contributed by atoms with van der Waals surface area (Å²) in [6.07, 6.45) is 4.58. The fraction of sp³-hybridized carbons (Fsp3) is 0. The summed E-state index contributed by atoms with van der Waals surface area (Å²) in [4.78, 5) is 11.0. The summed E-state index contributed by atoms with van der Waals surface area (Å²) in [5.41, 5.74) is 3.56. The Kier molecular flexibility index (Phi) is 2.94. The molecule has 19 heavy (non-hydrogen) atoms. The van der Waals surface area contributed by atoms with Crippen molar-refractivity contribution in [3.63, 3.8) is 0 Å². The van der Waals surface area contributed by atoms with Crippen molar-refractivity contribution in [2.45, 2.75) is 0 Å². The van der Waals surface area contributed by atoms with Crippen molar-refractivity contribution in [2.75, 3.05) is 0 Å². The van der Waals surface area contributed by atoms with E-state index in [1.54, 1.807) is 16.9 Å². The van der Waals surface area contributed by atoms with Crippen molar-refractivity contribution in [3.05, 3.63) is 72.6 Å². The van der Waals surface area contributed by atoms with E-state index in [0.29, 0.717) is 5.56 Å². The Bertz CT molecular complexity index is 702. The van der Waals surface area contributed by atoms with Crippen LogP contribution >= 0.6 is 0 Å². The average Bonchev–Trinajstić information content (AvgIpc) is 2.98. The summed E-state index contributed by atoms with van der Waals surface area (Å²) >= 11 is 0. The van der Waals surface area contributed by atoms with Crippen LogP contribution in [0.3, 0.4) is 0 Å². The molecular weight excluding hydrogens is 236 g/mol. The molecule has 0 atom stereocenters. The van der Waals surface area contributed by atoms with E-state index in [1.807, 2.05) is 54.7 Å².